The topological polar surface area (TPSA) is 32.3 Å². The van der Waals surface area contributed by atoms with Crippen molar-refractivity contribution in [1.82, 2.24) is 4.90 Å². The molecule has 1 aromatic carbocycles. The maximum Gasteiger partial charge on any atom is 0.322 e. The van der Waals surface area contributed by atoms with Gasteiger partial charge in [0.15, 0.2) is 0 Å². The first kappa shape index (κ1) is 13.8. The van der Waals surface area contributed by atoms with E-state index in [2.05, 4.69) is 34.3 Å². The van der Waals surface area contributed by atoms with Crippen LogP contribution in [0.25, 0.3) is 0 Å². The number of fused-ring (bicyclic) bond motifs is 1. The highest BCUT2D eigenvalue weighted by Crippen LogP contribution is 2.33. The zero-order valence-electron chi connectivity index (χ0n) is 12.5. The Hall–Kier alpha value is -1.81. The van der Waals surface area contributed by atoms with Crippen molar-refractivity contribution < 1.29 is 4.79 Å². The molecule has 4 rings (SSSR count). The van der Waals surface area contributed by atoms with Gasteiger partial charge < -0.3 is 10.2 Å². The van der Waals surface area contributed by atoms with Gasteiger partial charge in [0.1, 0.15) is 0 Å². The molecule has 1 saturated heterocycles. The number of hydrogen-bond acceptors (Lipinski definition) is 2. The number of aryl methyl sites for hydroxylation is 2. The van der Waals surface area contributed by atoms with Crippen LogP contribution in [-0.2, 0) is 12.8 Å². The summed E-state index contributed by atoms with van der Waals surface area (Å²) >= 11 is 1.70. The van der Waals surface area contributed by atoms with Gasteiger partial charge in [0.2, 0.25) is 0 Å². The molecule has 1 aliphatic carbocycles. The molecule has 0 bridgehead atoms. The molecule has 1 aromatic heterocycles. The van der Waals surface area contributed by atoms with E-state index in [1.165, 1.54) is 29.5 Å². The van der Waals surface area contributed by atoms with Gasteiger partial charge in [-0.05, 0) is 77.8 Å². The average molecular weight is 312 g/mol. The molecule has 1 N–H and O–H groups in total. The molecule has 0 radical (unpaired) electrons. The van der Waals surface area contributed by atoms with E-state index in [9.17, 15) is 4.79 Å². The fourth-order valence-electron chi connectivity index (χ4n) is 3.67. The monoisotopic (exact) mass is 312 g/mol. The van der Waals surface area contributed by atoms with E-state index in [0.717, 1.165) is 31.5 Å². The lowest BCUT2D eigenvalue weighted by molar-refractivity contribution is 0.207. The molecule has 1 aliphatic heterocycles. The van der Waals surface area contributed by atoms with Crippen LogP contribution in [0.2, 0.25) is 0 Å². The summed E-state index contributed by atoms with van der Waals surface area (Å²) in [6.07, 6.45) is 5.70. The molecule has 0 saturated carbocycles. The minimum atomic E-state index is 0.0339. The summed E-state index contributed by atoms with van der Waals surface area (Å²) in [4.78, 5) is 14.6. The molecule has 22 heavy (non-hydrogen) atoms. The van der Waals surface area contributed by atoms with Crippen LogP contribution in [0.5, 0.6) is 0 Å². The molecular weight excluding hydrogens is 292 g/mol. The third kappa shape index (κ3) is 2.52. The number of nitrogens with one attached hydrogen (secondary N) is 1. The number of carbonyl (C=O) groups is 1. The normalized spacial score (nSPS) is 20.2. The van der Waals surface area contributed by atoms with Crippen LogP contribution >= 0.6 is 11.3 Å². The summed E-state index contributed by atoms with van der Waals surface area (Å²) in [6.45, 7) is 0.845. The predicted octanol–water partition coefficient (Wildman–Crippen LogP) is 4.61. The van der Waals surface area contributed by atoms with Crippen molar-refractivity contribution in [2.75, 3.05) is 11.9 Å². The van der Waals surface area contributed by atoms with Gasteiger partial charge in [0, 0.05) is 12.2 Å². The number of urea groups is 1. The highest BCUT2D eigenvalue weighted by atomic mass is 32.1. The van der Waals surface area contributed by atoms with E-state index in [1.807, 2.05) is 11.0 Å². The maximum atomic E-state index is 12.6. The number of anilines is 1. The summed E-state index contributed by atoms with van der Waals surface area (Å²) in [5.41, 5.74) is 5.04. The van der Waals surface area contributed by atoms with Crippen molar-refractivity contribution in [3.63, 3.8) is 0 Å². The second-order valence-electron chi connectivity index (χ2n) is 6.18. The molecular formula is C18H20N2OS. The Bertz CT molecular complexity index is 680. The average Bonchev–Trinajstić information content (AvgIpc) is 3.26. The highest BCUT2D eigenvalue weighted by molar-refractivity contribution is 7.07. The summed E-state index contributed by atoms with van der Waals surface area (Å²) < 4.78 is 0. The number of nitrogens with zero attached hydrogens (tertiary/aromatic N) is 1. The molecule has 2 aliphatic rings. The Kier molecular flexibility index (Phi) is 3.62. The van der Waals surface area contributed by atoms with Gasteiger partial charge in [-0.25, -0.2) is 4.79 Å². The van der Waals surface area contributed by atoms with E-state index < -0.39 is 0 Å². The van der Waals surface area contributed by atoms with Gasteiger partial charge in [0.05, 0.1) is 6.04 Å². The molecule has 114 valence electrons. The first-order valence-corrected chi connectivity index (χ1v) is 8.97. The summed E-state index contributed by atoms with van der Waals surface area (Å²) in [6, 6.07) is 8.76. The zero-order chi connectivity index (χ0) is 14.9. The van der Waals surface area contributed by atoms with Gasteiger partial charge in [-0.2, -0.15) is 11.3 Å². The van der Waals surface area contributed by atoms with Crippen LogP contribution in [-0.4, -0.2) is 17.5 Å². The Balaban J connectivity index is 1.49. The van der Waals surface area contributed by atoms with Crippen molar-refractivity contribution in [2.24, 2.45) is 0 Å². The van der Waals surface area contributed by atoms with Crippen molar-refractivity contribution in [3.05, 3.63) is 51.7 Å². The van der Waals surface area contributed by atoms with Gasteiger partial charge in [0.25, 0.3) is 0 Å². The van der Waals surface area contributed by atoms with Crippen LogP contribution in [0.1, 0.15) is 42.0 Å². The lowest BCUT2D eigenvalue weighted by atomic mass is 10.1. The minimum Gasteiger partial charge on any atom is -0.317 e. The molecule has 2 heterocycles. The molecule has 3 nitrogen and oxygen atoms in total. The predicted molar refractivity (Wildman–Crippen MR) is 90.5 cm³/mol. The van der Waals surface area contributed by atoms with Crippen molar-refractivity contribution in [3.8, 4) is 0 Å². The molecule has 0 spiro atoms. The lowest BCUT2D eigenvalue weighted by Crippen LogP contribution is -2.34. The molecule has 2 aromatic rings. The number of benzene rings is 1. The number of likely N-dealkylation sites (tertiary alicyclic amines) is 1. The summed E-state index contributed by atoms with van der Waals surface area (Å²) in [5.74, 6) is 0. The second kappa shape index (κ2) is 5.76. The van der Waals surface area contributed by atoms with Crippen molar-refractivity contribution in [1.29, 1.82) is 0 Å². The number of thiophene rings is 1. The van der Waals surface area contributed by atoms with Crippen LogP contribution in [0.4, 0.5) is 10.5 Å². The SMILES string of the molecule is O=C(Nc1ccc2c(c1)CCC2)N1CCC[C@H]1c1ccsc1. The van der Waals surface area contributed by atoms with E-state index in [4.69, 9.17) is 0 Å². The zero-order valence-corrected chi connectivity index (χ0v) is 13.4. The van der Waals surface area contributed by atoms with E-state index >= 15 is 0 Å². The molecule has 1 fully saturated rings. The Labute approximate surface area is 135 Å². The first-order valence-electron chi connectivity index (χ1n) is 8.03. The third-order valence-electron chi connectivity index (χ3n) is 4.79. The second-order valence-corrected chi connectivity index (χ2v) is 6.96. The molecule has 4 heteroatoms. The fraction of sp³-hybridized carbons (Fsp3) is 0.389. The van der Waals surface area contributed by atoms with Crippen molar-refractivity contribution in [2.45, 2.75) is 38.1 Å². The van der Waals surface area contributed by atoms with Gasteiger partial charge >= 0.3 is 6.03 Å². The van der Waals surface area contributed by atoms with Crippen molar-refractivity contribution >= 4 is 23.1 Å². The Morgan fingerprint density at radius 2 is 2.09 bits per heavy atom. The highest BCUT2D eigenvalue weighted by Gasteiger charge is 2.30. The van der Waals surface area contributed by atoms with E-state index in [-0.39, 0.29) is 12.1 Å². The standard InChI is InChI=1S/C18H20N2OS/c21-18(19-16-7-6-13-3-1-4-14(13)11-16)20-9-2-5-17(20)15-8-10-22-12-15/h6-8,10-12,17H,1-5,9H2,(H,19,21)/t17-/m0/s1. The molecule has 1 atom stereocenters. The van der Waals surface area contributed by atoms with Crippen LogP contribution < -0.4 is 5.32 Å². The smallest absolute Gasteiger partial charge is 0.317 e. The quantitative estimate of drug-likeness (QED) is 0.863. The minimum absolute atomic E-state index is 0.0339. The summed E-state index contributed by atoms with van der Waals surface area (Å²) in [5, 5.41) is 7.34. The van der Waals surface area contributed by atoms with Crippen LogP contribution in [0.3, 0.4) is 0 Å². The van der Waals surface area contributed by atoms with Gasteiger partial charge in [-0.3, -0.25) is 0 Å². The number of hydrogen-bond donors (Lipinski definition) is 1. The number of amides is 2. The van der Waals surface area contributed by atoms with E-state index in [0.29, 0.717) is 0 Å². The van der Waals surface area contributed by atoms with Gasteiger partial charge in [-0.1, -0.05) is 6.07 Å². The maximum absolute atomic E-state index is 12.6. The van der Waals surface area contributed by atoms with Gasteiger partial charge in [-0.15, -0.1) is 0 Å². The third-order valence-corrected chi connectivity index (χ3v) is 5.49. The Morgan fingerprint density at radius 3 is 2.95 bits per heavy atom. The summed E-state index contributed by atoms with van der Waals surface area (Å²) in [7, 11) is 0. The van der Waals surface area contributed by atoms with Crippen LogP contribution in [0, 0.1) is 0 Å². The number of rotatable bonds is 2. The van der Waals surface area contributed by atoms with Crippen LogP contribution in [0.15, 0.2) is 35.0 Å². The number of carbonyl (C=O) groups excluding carboxylic acids is 1. The largest absolute Gasteiger partial charge is 0.322 e. The first-order chi connectivity index (χ1) is 10.8. The molecule has 2 amide bonds. The Morgan fingerprint density at radius 1 is 1.18 bits per heavy atom. The van der Waals surface area contributed by atoms with E-state index in [1.54, 1.807) is 11.3 Å². The fourth-order valence-corrected chi connectivity index (χ4v) is 4.37. The lowest BCUT2D eigenvalue weighted by Gasteiger charge is -2.24. The molecule has 0 unspecified atom stereocenters.